The molecule has 1 aromatic rings. The first-order valence-electron chi connectivity index (χ1n) is 6.82. The third kappa shape index (κ3) is 4.30. The lowest BCUT2D eigenvalue weighted by Gasteiger charge is -2.19. The van der Waals surface area contributed by atoms with Crippen molar-refractivity contribution in [3.05, 3.63) is 18.0 Å². The van der Waals surface area contributed by atoms with Gasteiger partial charge in [0.25, 0.3) is 5.91 Å². The summed E-state index contributed by atoms with van der Waals surface area (Å²) in [6, 6.07) is 0.836. The molecule has 1 N–H and O–H groups in total. The molecule has 1 aliphatic carbocycles. The van der Waals surface area contributed by atoms with Crippen molar-refractivity contribution in [2.75, 3.05) is 0 Å². The highest BCUT2D eigenvalue weighted by Crippen LogP contribution is 2.27. The molecule has 0 aromatic carbocycles. The Bertz CT molecular complexity index is 536. The SMILES string of the molecule is CC1CCCCC1=NNC(=O)Cn1ccc(C(F)(F)F)n1. The van der Waals surface area contributed by atoms with Crippen LogP contribution in [0.2, 0.25) is 0 Å². The maximum atomic E-state index is 12.4. The van der Waals surface area contributed by atoms with Crippen molar-refractivity contribution >= 4 is 11.6 Å². The Morgan fingerprint density at radius 1 is 1.52 bits per heavy atom. The lowest BCUT2D eigenvalue weighted by molar-refractivity contribution is -0.141. The van der Waals surface area contributed by atoms with E-state index in [-0.39, 0.29) is 6.54 Å². The van der Waals surface area contributed by atoms with E-state index >= 15 is 0 Å². The molecule has 1 aromatic heterocycles. The Labute approximate surface area is 120 Å². The second-order valence-corrected chi connectivity index (χ2v) is 5.18. The van der Waals surface area contributed by atoms with E-state index in [2.05, 4.69) is 15.6 Å². The smallest absolute Gasteiger partial charge is 0.271 e. The van der Waals surface area contributed by atoms with E-state index in [1.165, 1.54) is 0 Å². The summed E-state index contributed by atoms with van der Waals surface area (Å²) in [7, 11) is 0. The van der Waals surface area contributed by atoms with Gasteiger partial charge in [0.15, 0.2) is 5.69 Å². The summed E-state index contributed by atoms with van der Waals surface area (Å²) in [5, 5.41) is 7.38. The molecule has 0 spiro atoms. The van der Waals surface area contributed by atoms with Gasteiger partial charge in [-0.05, 0) is 31.2 Å². The first-order valence-corrected chi connectivity index (χ1v) is 6.82. The first-order chi connectivity index (χ1) is 9.86. The number of rotatable bonds is 3. The van der Waals surface area contributed by atoms with Crippen LogP contribution in [0.1, 0.15) is 38.3 Å². The molecule has 1 atom stereocenters. The normalized spacial score (nSPS) is 21.5. The summed E-state index contributed by atoms with van der Waals surface area (Å²) in [5.74, 6) is -0.155. The molecule has 0 bridgehead atoms. The second-order valence-electron chi connectivity index (χ2n) is 5.18. The molecule has 1 fully saturated rings. The van der Waals surface area contributed by atoms with Gasteiger partial charge in [-0.2, -0.15) is 23.4 Å². The average Bonchev–Trinajstić information content (AvgIpc) is 2.86. The van der Waals surface area contributed by atoms with Crippen molar-refractivity contribution in [3.8, 4) is 0 Å². The summed E-state index contributed by atoms with van der Waals surface area (Å²) in [6.45, 7) is 1.76. The highest BCUT2D eigenvalue weighted by molar-refractivity contribution is 5.88. The Balaban J connectivity index is 1.90. The van der Waals surface area contributed by atoms with Crippen LogP contribution in [0.5, 0.6) is 0 Å². The van der Waals surface area contributed by atoms with Crippen LogP contribution in [-0.2, 0) is 17.5 Å². The molecule has 21 heavy (non-hydrogen) atoms. The van der Waals surface area contributed by atoms with Gasteiger partial charge in [-0.1, -0.05) is 13.3 Å². The largest absolute Gasteiger partial charge is 0.435 e. The standard InChI is InChI=1S/C13H17F3N4O/c1-9-4-2-3-5-10(9)17-18-12(21)8-20-7-6-11(19-20)13(14,15)16/h6-7,9H,2-5,8H2,1H3,(H,18,21). The Morgan fingerprint density at radius 3 is 2.90 bits per heavy atom. The van der Waals surface area contributed by atoms with Crippen molar-refractivity contribution in [2.24, 2.45) is 11.0 Å². The lowest BCUT2D eigenvalue weighted by Crippen LogP contribution is -2.27. The number of alkyl halides is 3. The fourth-order valence-corrected chi connectivity index (χ4v) is 2.25. The topological polar surface area (TPSA) is 59.3 Å². The minimum Gasteiger partial charge on any atom is -0.271 e. The fraction of sp³-hybridized carbons (Fsp3) is 0.615. The van der Waals surface area contributed by atoms with Gasteiger partial charge in [0, 0.05) is 11.9 Å². The van der Waals surface area contributed by atoms with Crippen molar-refractivity contribution < 1.29 is 18.0 Å². The average molecular weight is 302 g/mol. The van der Waals surface area contributed by atoms with Crippen LogP contribution in [0.25, 0.3) is 0 Å². The molecular weight excluding hydrogens is 285 g/mol. The zero-order valence-electron chi connectivity index (χ0n) is 11.7. The molecular formula is C13H17F3N4O. The van der Waals surface area contributed by atoms with Crippen LogP contribution in [0, 0.1) is 5.92 Å². The number of nitrogens with zero attached hydrogens (tertiary/aromatic N) is 3. The number of amides is 1. The molecule has 1 heterocycles. The molecule has 1 amide bonds. The van der Waals surface area contributed by atoms with Gasteiger partial charge in [0.05, 0.1) is 0 Å². The van der Waals surface area contributed by atoms with Gasteiger partial charge in [0.2, 0.25) is 0 Å². The minimum atomic E-state index is -4.50. The summed E-state index contributed by atoms with van der Waals surface area (Å²) >= 11 is 0. The lowest BCUT2D eigenvalue weighted by atomic mass is 9.89. The van der Waals surface area contributed by atoms with Crippen LogP contribution in [0.15, 0.2) is 17.4 Å². The van der Waals surface area contributed by atoms with E-state index in [9.17, 15) is 18.0 Å². The summed E-state index contributed by atoms with van der Waals surface area (Å²) < 4.78 is 38.1. The Morgan fingerprint density at radius 2 is 2.29 bits per heavy atom. The van der Waals surface area contributed by atoms with E-state index in [1.807, 2.05) is 6.92 Å². The zero-order chi connectivity index (χ0) is 15.5. The van der Waals surface area contributed by atoms with Crippen molar-refractivity contribution in [2.45, 2.75) is 45.3 Å². The number of nitrogens with one attached hydrogen (secondary N) is 1. The van der Waals surface area contributed by atoms with E-state index in [1.54, 1.807) is 0 Å². The monoisotopic (exact) mass is 302 g/mol. The Hall–Kier alpha value is -1.86. The molecule has 116 valence electrons. The van der Waals surface area contributed by atoms with E-state index < -0.39 is 17.8 Å². The highest BCUT2D eigenvalue weighted by Gasteiger charge is 2.33. The van der Waals surface area contributed by atoms with Gasteiger partial charge in [-0.15, -0.1) is 0 Å². The van der Waals surface area contributed by atoms with E-state index in [4.69, 9.17) is 0 Å². The molecule has 1 unspecified atom stereocenters. The summed E-state index contributed by atoms with van der Waals surface area (Å²) in [4.78, 5) is 11.7. The van der Waals surface area contributed by atoms with Gasteiger partial charge < -0.3 is 0 Å². The van der Waals surface area contributed by atoms with Crippen LogP contribution in [-0.4, -0.2) is 21.4 Å². The molecule has 0 aliphatic heterocycles. The second kappa shape index (κ2) is 6.28. The number of carbonyl (C=O) groups is 1. The predicted molar refractivity (Wildman–Crippen MR) is 70.4 cm³/mol. The van der Waals surface area contributed by atoms with Crippen molar-refractivity contribution in [1.29, 1.82) is 0 Å². The highest BCUT2D eigenvalue weighted by atomic mass is 19.4. The van der Waals surface area contributed by atoms with E-state index in [0.717, 1.165) is 48.3 Å². The molecule has 1 saturated carbocycles. The first kappa shape index (κ1) is 15.5. The number of aromatic nitrogens is 2. The third-order valence-electron chi connectivity index (χ3n) is 3.45. The molecule has 2 rings (SSSR count). The number of hydrogen-bond donors (Lipinski definition) is 1. The molecule has 5 nitrogen and oxygen atoms in total. The van der Waals surface area contributed by atoms with E-state index in [0.29, 0.717) is 5.92 Å². The maximum absolute atomic E-state index is 12.4. The number of hydrogen-bond acceptors (Lipinski definition) is 3. The van der Waals surface area contributed by atoms with Crippen molar-refractivity contribution in [1.82, 2.24) is 15.2 Å². The van der Waals surface area contributed by atoms with Crippen LogP contribution >= 0.6 is 0 Å². The fourth-order valence-electron chi connectivity index (χ4n) is 2.25. The van der Waals surface area contributed by atoms with Gasteiger partial charge in [-0.25, -0.2) is 5.43 Å². The van der Waals surface area contributed by atoms with Gasteiger partial charge >= 0.3 is 6.18 Å². The summed E-state index contributed by atoms with van der Waals surface area (Å²) in [5.41, 5.74) is 2.31. The molecule has 0 saturated heterocycles. The molecule has 1 aliphatic rings. The maximum Gasteiger partial charge on any atom is 0.435 e. The predicted octanol–water partition coefficient (Wildman–Crippen LogP) is 2.58. The summed E-state index contributed by atoms with van der Waals surface area (Å²) in [6.07, 6.45) is 0.720. The zero-order valence-corrected chi connectivity index (χ0v) is 11.7. The number of halogens is 3. The van der Waals surface area contributed by atoms with Crippen LogP contribution in [0.4, 0.5) is 13.2 Å². The van der Waals surface area contributed by atoms with Gasteiger partial charge in [0.1, 0.15) is 6.54 Å². The minimum absolute atomic E-state index is 0.290. The van der Waals surface area contributed by atoms with Crippen LogP contribution in [0.3, 0.4) is 0 Å². The number of hydrazone groups is 1. The third-order valence-corrected chi connectivity index (χ3v) is 3.45. The molecule has 8 heteroatoms. The number of carbonyl (C=O) groups excluding carboxylic acids is 1. The quantitative estimate of drug-likeness (QED) is 0.872. The Kier molecular flexibility index (Phi) is 4.64. The van der Waals surface area contributed by atoms with Crippen LogP contribution < -0.4 is 5.43 Å². The van der Waals surface area contributed by atoms with Crippen molar-refractivity contribution in [3.63, 3.8) is 0 Å². The van der Waals surface area contributed by atoms with Gasteiger partial charge in [-0.3, -0.25) is 9.48 Å². The molecule has 0 radical (unpaired) electrons.